The summed E-state index contributed by atoms with van der Waals surface area (Å²) in [6.07, 6.45) is 2.07. The minimum absolute atomic E-state index is 0.0480. The normalized spacial score (nSPS) is 18.7. The number of para-hydroxylation sites is 2. The Labute approximate surface area is 197 Å². The third-order valence-electron chi connectivity index (χ3n) is 5.92. The molecule has 2 aromatic heterocycles. The second-order valence-corrected chi connectivity index (χ2v) is 9.46. The molecule has 2 aromatic carbocycles. The zero-order valence-electron chi connectivity index (χ0n) is 19.0. The average Bonchev–Trinajstić information content (AvgIpc) is 3.41. The van der Waals surface area contributed by atoms with Gasteiger partial charge < -0.3 is 14.6 Å². The molecule has 4 aromatic rings. The van der Waals surface area contributed by atoms with Gasteiger partial charge in [-0.05, 0) is 38.5 Å². The fourth-order valence-corrected chi connectivity index (χ4v) is 5.27. The van der Waals surface area contributed by atoms with Gasteiger partial charge >= 0.3 is 0 Å². The number of aromatic amines is 1. The van der Waals surface area contributed by atoms with E-state index in [-0.39, 0.29) is 18.1 Å². The molecule has 0 radical (unpaired) electrons. The van der Waals surface area contributed by atoms with Crippen LogP contribution in [0.2, 0.25) is 0 Å². The maximum Gasteiger partial charge on any atom is 0.233 e. The molecule has 2 unspecified atom stereocenters. The molecule has 1 aliphatic heterocycles. The number of carbonyl (C=O) groups excluding carboxylic acids is 1. The van der Waals surface area contributed by atoms with E-state index in [1.165, 1.54) is 11.8 Å². The van der Waals surface area contributed by atoms with Gasteiger partial charge in [0.2, 0.25) is 5.91 Å². The van der Waals surface area contributed by atoms with Crippen LogP contribution in [0.4, 0.5) is 0 Å². The summed E-state index contributed by atoms with van der Waals surface area (Å²) in [5.74, 6) is 1.15. The molecule has 1 amide bonds. The molecule has 5 rings (SSSR count). The number of benzene rings is 2. The molecule has 2 atom stereocenters. The molecular weight excluding hydrogens is 434 g/mol. The van der Waals surface area contributed by atoms with E-state index in [0.29, 0.717) is 24.0 Å². The number of aryl methyl sites for hydroxylation is 1. The predicted molar refractivity (Wildman–Crippen MR) is 131 cm³/mol. The van der Waals surface area contributed by atoms with Gasteiger partial charge in [-0.25, -0.2) is 0 Å². The highest BCUT2D eigenvalue weighted by atomic mass is 32.2. The van der Waals surface area contributed by atoms with Crippen molar-refractivity contribution in [2.75, 3.05) is 18.8 Å². The SMILES string of the molecule is Cc1ccccc1-n1c(SCC(=O)N2CC(C)OC(C)C2)nnc1-c1c[nH]c2ccccc12. The van der Waals surface area contributed by atoms with E-state index in [1.54, 1.807) is 0 Å². The molecule has 0 bridgehead atoms. The summed E-state index contributed by atoms with van der Waals surface area (Å²) in [4.78, 5) is 18.2. The number of ether oxygens (including phenoxy) is 1. The van der Waals surface area contributed by atoms with Gasteiger partial charge in [0.1, 0.15) is 0 Å². The number of amides is 1. The molecule has 7 nitrogen and oxygen atoms in total. The maximum atomic E-state index is 13.0. The molecule has 0 aliphatic carbocycles. The molecule has 0 saturated carbocycles. The molecule has 1 fully saturated rings. The summed E-state index contributed by atoms with van der Waals surface area (Å²) in [6, 6.07) is 16.3. The Balaban J connectivity index is 1.49. The van der Waals surface area contributed by atoms with Crippen molar-refractivity contribution >= 4 is 28.6 Å². The summed E-state index contributed by atoms with van der Waals surface area (Å²) in [7, 11) is 0. The van der Waals surface area contributed by atoms with Crippen LogP contribution in [0.25, 0.3) is 28.0 Å². The summed E-state index contributed by atoms with van der Waals surface area (Å²) in [5, 5.41) is 10.9. The average molecular weight is 462 g/mol. The second kappa shape index (κ2) is 9.03. The van der Waals surface area contributed by atoms with Crippen LogP contribution < -0.4 is 0 Å². The highest BCUT2D eigenvalue weighted by molar-refractivity contribution is 7.99. The Bertz CT molecular complexity index is 1290. The smallest absolute Gasteiger partial charge is 0.233 e. The van der Waals surface area contributed by atoms with Crippen molar-refractivity contribution < 1.29 is 9.53 Å². The molecular formula is C25H27N5O2S. The van der Waals surface area contributed by atoms with Crippen LogP contribution >= 0.6 is 11.8 Å². The topological polar surface area (TPSA) is 76.0 Å². The Morgan fingerprint density at radius 2 is 1.82 bits per heavy atom. The Hall–Kier alpha value is -3.10. The molecule has 8 heteroatoms. The van der Waals surface area contributed by atoms with Crippen LogP contribution in [-0.4, -0.2) is 61.6 Å². The number of nitrogens with zero attached hydrogens (tertiary/aromatic N) is 4. The highest BCUT2D eigenvalue weighted by Gasteiger charge is 2.27. The van der Waals surface area contributed by atoms with E-state index in [1.807, 2.05) is 55.3 Å². The lowest BCUT2D eigenvalue weighted by molar-refractivity contribution is -0.140. The standard InChI is InChI=1S/C25H27N5O2S/c1-16-8-4-7-11-22(16)30-24(20-12-26-21-10-6-5-9-19(20)21)27-28-25(30)33-15-23(31)29-13-17(2)32-18(3)14-29/h4-12,17-18,26H,13-15H2,1-3H3. The number of thioether (sulfide) groups is 1. The number of hydrogen-bond acceptors (Lipinski definition) is 5. The van der Waals surface area contributed by atoms with Crippen LogP contribution in [0.5, 0.6) is 0 Å². The quantitative estimate of drug-likeness (QED) is 0.445. The predicted octanol–water partition coefficient (Wildman–Crippen LogP) is 4.45. The number of H-pyrrole nitrogens is 1. The number of carbonyl (C=O) groups is 1. The van der Waals surface area contributed by atoms with Gasteiger partial charge in [-0.15, -0.1) is 10.2 Å². The minimum Gasteiger partial charge on any atom is -0.372 e. The molecule has 1 aliphatic rings. The summed E-state index contributed by atoms with van der Waals surface area (Å²) in [5.41, 5.74) is 4.15. The van der Waals surface area contributed by atoms with Crippen LogP contribution in [0.1, 0.15) is 19.4 Å². The number of morpholine rings is 1. The van der Waals surface area contributed by atoms with Gasteiger partial charge in [0, 0.05) is 35.8 Å². The van der Waals surface area contributed by atoms with E-state index < -0.39 is 0 Å². The van der Waals surface area contributed by atoms with Crippen molar-refractivity contribution in [2.24, 2.45) is 0 Å². The lowest BCUT2D eigenvalue weighted by atomic mass is 10.1. The minimum atomic E-state index is 0.0480. The summed E-state index contributed by atoms with van der Waals surface area (Å²) < 4.78 is 7.83. The number of nitrogens with one attached hydrogen (secondary N) is 1. The number of fused-ring (bicyclic) bond motifs is 1. The number of rotatable bonds is 5. The van der Waals surface area contributed by atoms with E-state index in [4.69, 9.17) is 4.74 Å². The van der Waals surface area contributed by atoms with Crippen molar-refractivity contribution in [2.45, 2.75) is 38.1 Å². The zero-order chi connectivity index (χ0) is 22.9. The van der Waals surface area contributed by atoms with Crippen molar-refractivity contribution in [1.82, 2.24) is 24.6 Å². The first-order valence-electron chi connectivity index (χ1n) is 11.1. The molecule has 0 spiro atoms. The fourth-order valence-electron chi connectivity index (χ4n) is 4.42. The first-order valence-corrected chi connectivity index (χ1v) is 12.1. The van der Waals surface area contributed by atoms with E-state index in [0.717, 1.165) is 33.5 Å². The first-order chi connectivity index (χ1) is 16.0. The Kier molecular flexibility index (Phi) is 5.95. The highest BCUT2D eigenvalue weighted by Crippen LogP contribution is 2.33. The lowest BCUT2D eigenvalue weighted by Gasteiger charge is -2.35. The fraction of sp³-hybridized carbons (Fsp3) is 0.320. The molecule has 1 N–H and O–H groups in total. The third-order valence-corrected chi connectivity index (χ3v) is 6.83. The van der Waals surface area contributed by atoms with Gasteiger partial charge in [-0.1, -0.05) is 48.2 Å². The second-order valence-electron chi connectivity index (χ2n) is 8.52. The van der Waals surface area contributed by atoms with Crippen LogP contribution in [-0.2, 0) is 9.53 Å². The number of hydrogen-bond donors (Lipinski definition) is 1. The van der Waals surface area contributed by atoms with Crippen LogP contribution in [0, 0.1) is 6.92 Å². The van der Waals surface area contributed by atoms with Crippen LogP contribution in [0.15, 0.2) is 59.9 Å². The summed E-state index contributed by atoms with van der Waals surface area (Å²) in [6.45, 7) is 7.32. The van der Waals surface area contributed by atoms with E-state index in [9.17, 15) is 4.79 Å². The van der Waals surface area contributed by atoms with Crippen molar-refractivity contribution in [3.63, 3.8) is 0 Å². The molecule has 33 heavy (non-hydrogen) atoms. The van der Waals surface area contributed by atoms with Crippen molar-refractivity contribution in [3.8, 4) is 17.1 Å². The summed E-state index contributed by atoms with van der Waals surface area (Å²) >= 11 is 1.43. The van der Waals surface area contributed by atoms with Crippen LogP contribution in [0.3, 0.4) is 0 Å². The van der Waals surface area contributed by atoms with E-state index >= 15 is 0 Å². The van der Waals surface area contributed by atoms with Gasteiger partial charge in [0.25, 0.3) is 0 Å². The zero-order valence-corrected chi connectivity index (χ0v) is 19.8. The largest absolute Gasteiger partial charge is 0.372 e. The lowest BCUT2D eigenvalue weighted by Crippen LogP contribution is -2.48. The monoisotopic (exact) mass is 461 g/mol. The van der Waals surface area contributed by atoms with Gasteiger partial charge in [-0.3, -0.25) is 9.36 Å². The van der Waals surface area contributed by atoms with E-state index in [2.05, 4.69) is 44.9 Å². The molecule has 3 heterocycles. The van der Waals surface area contributed by atoms with Crippen molar-refractivity contribution in [1.29, 1.82) is 0 Å². The Morgan fingerprint density at radius 1 is 1.09 bits per heavy atom. The van der Waals surface area contributed by atoms with Gasteiger partial charge in [0.15, 0.2) is 11.0 Å². The third kappa shape index (κ3) is 4.28. The Morgan fingerprint density at radius 3 is 2.61 bits per heavy atom. The molecule has 170 valence electrons. The maximum absolute atomic E-state index is 13.0. The van der Waals surface area contributed by atoms with Gasteiger partial charge in [-0.2, -0.15) is 0 Å². The van der Waals surface area contributed by atoms with Crippen molar-refractivity contribution in [3.05, 3.63) is 60.3 Å². The molecule has 1 saturated heterocycles. The first kappa shape index (κ1) is 21.7. The number of aromatic nitrogens is 4. The van der Waals surface area contributed by atoms with Gasteiger partial charge in [0.05, 0.1) is 23.6 Å².